The summed E-state index contributed by atoms with van der Waals surface area (Å²) >= 11 is 0. The van der Waals surface area contributed by atoms with Crippen LogP contribution in [-0.4, -0.2) is 46.0 Å². The van der Waals surface area contributed by atoms with Gasteiger partial charge in [-0.2, -0.15) is 5.10 Å². The van der Waals surface area contributed by atoms with Crippen LogP contribution in [-0.2, 0) is 7.05 Å². The predicted octanol–water partition coefficient (Wildman–Crippen LogP) is 2.33. The lowest BCUT2D eigenvalue weighted by Crippen LogP contribution is -2.59. The highest BCUT2D eigenvalue weighted by molar-refractivity contribution is 5.99. The molecule has 1 amide bonds. The molecular weight excluding hydrogens is 340 g/mol. The Bertz CT molecular complexity index is 684. The molecule has 1 aromatic heterocycles. The maximum Gasteiger partial charge on any atom is 0.257 e. The molecule has 1 saturated heterocycles. The van der Waals surface area contributed by atoms with Gasteiger partial charge in [-0.25, -0.2) is 0 Å². The van der Waals surface area contributed by atoms with E-state index in [0.29, 0.717) is 5.92 Å². The first kappa shape index (κ1) is 17.5. The van der Waals surface area contributed by atoms with E-state index in [2.05, 4.69) is 15.3 Å². The number of aliphatic hydroxyl groups is 1. The van der Waals surface area contributed by atoms with E-state index in [9.17, 15) is 9.90 Å². The summed E-state index contributed by atoms with van der Waals surface area (Å²) in [5.74, 6) is 3.85. The Morgan fingerprint density at radius 2 is 1.78 bits per heavy atom. The summed E-state index contributed by atoms with van der Waals surface area (Å²) in [6.07, 6.45) is 11.3. The van der Waals surface area contributed by atoms with Crippen molar-refractivity contribution in [2.24, 2.45) is 30.7 Å². The molecule has 6 nitrogen and oxygen atoms in total. The van der Waals surface area contributed by atoms with E-state index in [4.69, 9.17) is 0 Å². The first-order valence-corrected chi connectivity index (χ1v) is 10.8. The number of carbonyl (C=O) groups is 1. The third kappa shape index (κ3) is 3.06. The summed E-state index contributed by atoms with van der Waals surface area (Å²) < 4.78 is 1.84. The van der Waals surface area contributed by atoms with Gasteiger partial charge in [0, 0.05) is 32.3 Å². The number of piperidine rings is 1. The average Bonchev–Trinajstić information content (AvgIpc) is 3.02. The number of aliphatic hydroxyl groups excluding tert-OH is 1. The van der Waals surface area contributed by atoms with Crippen molar-refractivity contribution in [3.05, 3.63) is 11.8 Å². The SMILES string of the molecule is Cn1ncc(C(=O)NC23CC4CC(CC(C4)C2)C3)c1N1CCC(CO)CC1. The first-order chi connectivity index (χ1) is 13.0. The Labute approximate surface area is 161 Å². The maximum absolute atomic E-state index is 13.3. The molecule has 1 aromatic rings. The molecule has 27 heavy (non-hydrogen) atoms. The lowest BCUT2D eigenvalue weighted by molar-refractivity contribution is -0.0166. The van der Waals surface area contributed by atoms with Crippen molar-refractivity contribution in [3.63, 3.8) is 0 Å². The van der Waals surface area contributed by atoms with Crippen molar-refractivity contribution in [2.75, 3.05) is 24.6 Å². The number of rotatable bonds is 4. The van der Waals surface area contributed by atoms with Gasteiger partial charge in [0.2, 0.25) is 0 Å². The van der Waals surface area contributed by atoms with E-state index in [1.165, 1.54) is 38.5 Å². The quantitative estimate of drug-likeness (QED) is 0.851. The van der Waals surface area contributed by atoms with Crippen molar-refractivity contribution >= 4 is 11.7 Å². The lowest BCUT2D eigenvalue weighted by atomic mass is 9.53. The van der Waals surface area contributed by atoms with E-state index in [1.54, 1.807) is 6.20 Å². The number of nitrogens with zero attached hydrogens (tertiary/aromatic N) is 3. The van der Waals surface area contributed by atoms with Crippen molar-refractivity contribution in [3.8, 4) is 0 Å². The highest BCUT2D eigenvalue weighted by atomic mass is 16.3. The number of hydrogen-bond acceptors (Lipinski definition) is 4. The normalized spacial score (nSPS) is 35.6. The topological polar surface area (TPSA) is 70.4 Å². The van der Waals surface area contributed by atoms with Crippen LogP contribution >= 0.6 is 0 Å². The van der Waals surface area contributed by atoms with Crippen LogP contribution < -0.4 is 10.2 Å². The fourth-order valence-corrected chi connectivity index (χ4v) is 6.87. The molecule has 0 radical (unpaired) electrons. The van der Waals surface area contributed by atoms with Gasteiger partial charge in [-0.15, -0.1) is 0 Å². The predicted molar refractivity (Wildman–Crippen MR) is 104 cm³/mol. The fourth-order valence-electron chi connectivity index (χ4n) is 6.87. The van der Waals surface area contributed by atoms with Crippen LogP contribution in [0, 0.1) is 23.7 Å². The van der Waals surface area contributed by atoms with Crippen LogP contribution in [0.3, 0.4) is 0 Å². The third-order valence-electron chi connectivity index (χ3n) is 7.74. The van der Waals surface area contributed by atoms with Gasteiger partial charge >= 0.3 is 0 Å². The van der Waals surface area contributed by atoms with Gasteiger partial charge in [-0.1, -0.05) is 0 Å². The molecule has 148 valence electrons. The number of hydrogen-bond donors (Lipinski definition) is 2. The maximum atomic E-state index is 13.3. The average molecular weight is 373 g/mol. The van der Waals surface area contributed by atoms with Crippen LogP contribution in [0.15, 0.2) is 6.20 Å². The molecule has 1 aliphatic heterocycles. The molecule has 0 atom stereocenters. The largest absolute Gasteiger partial charge is 0.396 e. The molecule has 4 bridgehead atoms. The molecule has 2 heterocycles. The summed E-state index contributed by atoms with van der Waals surface area (Å²) in [5.41, 5.74) is 0.749. The molecule has 4 aliphatic carbocycles. The number of aryl methyl sites for hydroxylation is 1. The Kier molecular flexibility index (Phi) is 4.22. The lowest BCUT2D eigenvalue weighted by Gasteiger charge is -2.56. The molecular formula is C21H32N4O2. The van der Waals surface area contributed by atoms with Gasteiger partial charge in [-0.05, 0) is 75.0 Å². The standard InChI is InChI=1S/C21H32N4O2/c1-24-20(25-4-2-14(13-26)3-5-25)18(12-22-24)19(27)23-21-9-15-6-16(10-21)8-17(7-15)11-21/h12,14-17,26H,2-11,13H2,1H3,(H,23,27). The van der Waals surface area contributed by atoms with Crippen molar-refractivity contribution in [1.29, 1.82) is 0 Å². The highest BCUT2D eigenvalue weighted by Crippen LogP contribution is 2.55. The van der Waals surface area contributed by atoms with Gasteiger partial charge in [0.15, 0.2) is 0 Å². The molecule has 0 spiro atoms. The van der Waals surface area contributed by atoms with Crippen LogP contribution in [0.4, 0.5) is 5.82 Å². The van der Waals surface area contributed by atoms with Crippen LogP contribution in [0.5, 0.6) is 0 Å². The minimum absolute atomic E-state index is 0.0306. The van der Waals surface area contributed by atoms with Gasteiger partial charge in [-0.3, -0.25) is 9.48 Å². The minimum atomic E-state index is 0.0306. The molecule has 4 saturated carbocycles. The minimum Gasteiger partial charge on any atom is -0.396 e. The molecule has 6 heteroatoms. The Morgan fingerprint density at radius 1 is 1.19 bits per heavy atom. The zero-order valence-electron chi connectivity index (χ0n) is 16.4. The van der Waals surface area contributed by atoms with Gasteiger partial charge < -0.3 is 15.3 Å². The number of aromatic nitrogens is 2. The van der Waals surface area contributed by atoms with E-state index in [0.717, 1.165) is 55.1 Å². The van der Waals surface area contributed by atoms with Crippen LogP contribution in [0.1, 0.15) is 61.7 Å². The molecule has 0 aromatic carbocycles. The zero-order chi connectivity index (χ0) is 18.6. The molecule has 6 rings (SSSR count). The number of amides is 1. The summed E-state index contributed by atoms with van der Waals surface area (Å²) in [5, 5.41) is 17.3. The van der Waals surface area contributed by atoms with Gasteiger partial charge in [0.1, 0.15) is 11.4 Å². The second kappa shape index (κ2) is 6.50. The second-order valence-electron chi connectivity index (χ2n) is 9.77. The molecule has 5 fully saturated rings. The van der Waals surface area contributed by atoms with E-state index in [1.807, 2.05) is 11.7 Å². The summed E-state index contributed by atoms with van der Waals surface area (Å²) in [4.78, 5) is 15.6. The van der Waals surface area contributed by atoms with Crippen molar-refractivity contribution in [2.45, 2.75) is 56.9 Å². The number of anilines is 1. The Morgan fingerprint density at radius 3 is 2.33 bits per heavy atom. The first-order valence-electron chi connectivity index (χ1n) is 10.8. The summed E-state index contributed by atoms with van der Waals surface area (Å²) in [6, 6.07) is 0. The Hall–Kier alpha value is -1.56. The fraction of sp³-hybridized carbons (Fsp3) is 0.810. The highest BCUT2D eigenvalue weighted by Gasteiger charge is 2.51. The van der Waals surface area contributed by atoms with E-state index >= 15 is 0 Å². The molecule has 2 N–H and O–H groups in total. The van der Waals surface area contributed by atoms with Crippen LogP contribution in [0.2, 0.25) is 0 Å². The van der Waals surface area contributed by atoms with E-state index in [-0.39, 0.29) is 18.1 Å². The third-order valence-corrected chi connectivity index (χ3v) is 7.74. The molecule has 5 aliphatic rings. The zero-order valence-corrected chi connectivity index (χ0v) is 16.4. The Balaban J connectivity index is 1.34. The number of nitrogens with one attached hydrogen (secondary N) is 1. The van der Waals surface area contributed by atoms with E-state index < -0.39 is 0 Å². The molecule has 0 unspecified atom stereocenters. The number of carbonyl (C=O) groups excluding carboxylic acids is 1. The summed E-state index contributed by atoms with van der Waals surface area (Å²) in [7, 11) is 1.93. The van der Waals surface area contributed by atoms with Crippen molar-refractivity contribution < 1.29 is 9.90 Å². The monoisotopic (exact) mass is 372 g/mol. The second-order valence-corrected chi connectivity index (χ2v) is 9.77. The van der Waals surface area contributed by atoms with Crippen LogP contribution in [0.25, 0.3) is 0 Å². The smallest absolute Gasteiger partial charge is 0.257 e. The summed E-state index contributed by atoms with van der Waals surface area (Å²) in [6.45, 7) is 2.02. The van der Waals surface area contributed by atoms with Gasteiger partial charge in [0.05, 0.1) is 6.20 Å². The van der Waals surface area contributed by atoms with Crippen molar-refractivity contribution in [1.82, 2.24) is 15.1 Å². The van der Waals surface area contributed by atoms with Gasteiger partial charge in [0.25, 0.3) is 5.91 Å².